The Labute approximate surface area is 167 Å². The van der Waals surface area contributed by atoms with Gasteiger partial charge in [-0.1, -0.05) is 19.8 Å². The van der Waals surface area contributed by atoms with Crippen molar-refractivity contribution in [1.82, 2.24) is 24.7 Å². The zero-order valence-corrected chi connectivity index (χ0v) is 16.7. The van der Waals surface area contributed by atoms with E-state index in [4.69, 9.17) is 0 Å². The lowest BCUT2D eigenvalue weighted by atomic mass is 9.77. The normalized spacial score (nSPS) is 27.6. The summed E-state index contributed by atoms with van der Waals surface area (Å²) in [7, 11) is 2.07. The predicted octanol–water partition coefficient (Wildman–Crippen LogP) is 3.20. The standard InChI is InChI=1S/C20H28F3N5O/c1-13(9-18-25-24-12-26(18)2)14-5-3-6-15(10-14)28-11-17-16(20(21,22)23)7-4-8-27(17)19(28)29/h4,7-8,11,13-15,18,24-25H,3,5-6,9-10,12H2,1-2H3. The maximum Gasteiger partial charge on any atom is 0.418 e. The highest BCUT2D eigenvalue weighted by atomic mass is 19.4. The fourth-order valence-corrected chi connectivity index (χ4v) is 4.89. The van der Waals surface area contributed by atoms with E-state index in [1.807, 2.05) is 0 Å². The van der Waals surface area contributed by atoms with Crippen LogP contribution >= 0.6 is 0 Å². The maximum absolute atomic E-state index is 13.4. The van der Waals surface area contributed by atoms with Crippen molar-refractivity contribution in [1.29, 1.82) is 0 Å². The average molecular weight is 411 g/mol. The zero-order chi connectivity index (χ0) is 20.8. The largest absolute Gasteiger partial charge is 0.418 e. The minimum atomic E-state index is -4.48. The maximum atomic E-state index is 13.4. The second-order valence-corrected chi connectivity index (χ2v) is 8.54. The van der Waals surface area contributed by atoms with E-state index >= 15 is 0 Å². The molecule has 2 fully saturated rings. The van der Waals surface area contributed by atoms with E-state index < -0.39 is 11.7 Å². The number of pyridine rings is 1. The zero-order valence-electron chi connectivity index (χ0n) is 16.7. The fourth-order valence-electron chi connectivity index (χ4n) is 4.89. The highest BCUT2D eigenvalue weighted by molar-refractivity contribution is 5.54. The van der Waals surface area contributed by atoms with Gasteiger partial charge in [0.1, 0.15) is 0 Å². The van der Waals surface area contributed by atoms with Crippen LogP contribution < -0.4 is 16.5 Å². The van der Waals surface area contributed by atoms with Crippen molar-refractivity contribution in [3.63, 3.8) is 0 Å². The molecule has 4 unspecified atom stereocenters. The Hall–Kier alpha value is -1.84. The number of rotatable bonds is 4. The number of hydrogen-bond donors (Lipinski definition) is 2. The van der Waals surface area contributed by atoms with Crippen LogP contribution in [-0.4, -0.2) is 33.7 Å². The molecule has 4 atom stereocenters. The molecule has 0 amide bonds. The number of hydrazine groups is 1. The van der Waals surface area contributed by atoms with Gasteiger partial charge < -0.3 is 0 Å². The number of alkyl halides is 3. The van der Waals surface area contributed by atoms with Crippen LogP contribution in [0.4, 0.5) is 13.2 Å². The third-order valence-corrected chi connectivity index (χ3v) is 6.64. The molecule has 29 heavy (non-hydrogen) atoms. The molecule has 1 aliphatic carbocycles. The quantitative estimate of drug-likeness (QED) is 0.811. The summed E-state index contributed by atoms with van der Waals surface area (Å²) in [5.74, 6) is 0.901. The molecule has 2 aromatic heterocycles. The molecule has 1 saturated heterocycles. The van der Waals surface area contributed by atoms with Gasteiger partial charge in [0.05, 0.1) is 23.9 Å². The number of aromatic nitrogens is 2. The molecule has 2 aliphatic rings. The lowest BCUT2D eigenvalue weighted by molar-refractivity contribution is -0.136. The van der Waals surface area contributed by atoms with Crippen LogP contribution in [-0.2, 0) is 6.18 Å². The monoisotopic (exact) mass is 411 g/mol. The molecule has 3 heterocycles. The van der Waals surface area contributed by atoms with E-state index in [1.54, 1.807) is 0 Å². The number of hydrogen-bond acceptors (Lipinski definition) is 4. The van der Waals surface area contributed by atoms with E-state index in [0.717, 1.165) is 49.2 Å². The fraction of sp³-hybridized carbons (Fsp3) is 0.650. The van der Waals surface area contributed by atoms with Gasteiger partial charge in [-0.25, -0.2) is 15.6 Å². The Morgan fingerprint density at radius 3 is 2.79 bits per heavy atom. The Morgan fingerprint density at radius 2 is 2.10 bits per heavy atom. The first-order chi connectivity index (χ1) is 13.8. The third-order valence-electron chi connectivity index (χ3n) is 6.64. The lowest BCUT2D eigenvalue weighted by Crippen LogP contribution is -2.38. The van der Waals surface area contributed by atoms with Crippen LogP contribution in [0.5, 0.6) is 0 Å². The Bertz CT molecular complexity index is 921. The molecule has 160 valence electrons. The number of halogens is 3. The van der Waals surface area contributed by atoms with Gasteiger partial charge in [-0.3, -0.25) is 13.9 Å². The molecule has 1 aliphatic heterocycles. The van der Waals surface area contributed by atoms with Crippen molar-refractivity contribution >= 4 is 5.52 Å². The van der Waals surface area contributed by atoms with Gasteiger partial charge in [-0.2, -0.15) is 13.2 Å². The van der Waals surface area contributed by atoms with E-state index in [0.29, 0.717) is 11.8 Å². The van der Waals surface area contributed by atoms with Crippen LogP contribution in [0.3, 0.4) is 0 Å². The summed E-state index contributed by atoms with van der Waals surface area (Å²) in [6.45, 7) is 3.04. The van der Waals surface area contributed by atoms with E-state index in [2.05, 4.69) is 29.7 Å². The van der Waals surface area contributed by atoms with Gasteiger partial charge >= 0.3 is 11.9 Å². The molecule has 0 spiro atoms. The van der Waals surface area contributed by atoms with Gasteiger partial charge in [-0.15, -0.1) is 0 Å². The van der Waals surface area contributed by atoms with Crippen molar-refractivity contribution in [3.05, 3.63) is 40.6 Å². The highest BCUT2D eigenvalue weighted by Gasteiger charge is 2.35. The summed E-state index contributed by atoms with van der Waals surface area (Å²) in [6.07, 6.45) is 3.33. The van der Waals surface area contributed by atoms with Crippen molar-refractivity contribution < 1.29 is 13.2 Å². The van der Waals surface area contributed by atoms with Crippen molar-refractivity contribution in [2.24, 2.45) is 11.8 Å². The molecule has 6 nitrogen and oxygen atoms in total. The molecule has 0 bridgehead atoms. The first-order valence-electron chi connectivity index (χ1n) is 10.2. The number of fused-ring (bicyclic) bond motifs is 1. The summed E-state index contributed by atoms with van der Waals surface area (Å²) in [5, 5.41) is 0. The summed E-state index contributed by atoms with van der Waals surface area (Å²) in [4.78, 5) is 15.1. The smallest absolute Gasteiger partial charge is 0.295 e. The van der Waals surface area contributed by atoms with Crippen LogP contribution in [0.15, 0.2) is 29.3 Å². The minimum Gasteiger partial charge on any atom is -0.295 e. The summed E-state index contributed by atoms with van der Waals surface area (Å²) >= 11 is 0. The Kier molecular flexibility index (Phi) is 5.48. The molecule has 1 saturated carbocycles. The van der Waals surface area contributed by atoms with Gasteiger partial charge in [0.2, 0.25) is 0 Å². The average Bonchev–Trinajstić information content (AvgIpc) is 3.24. The van der Waals surface area contributed by atoms with Crippen LogP contribution in [0.25, 0.3) is 5.52 Å². The van der Waals surface area contributed by atoms with Crippen molar-refractivity contribution in [2.45, 2.75) is 57.4 Å². The van der Waals surface area contributed by atoms with Gasteiger partial charge in [0.25, 0.3) is 0 Å². The SMILES string of the molecule is CC(CC1NNCN1C)C1CCCC(n2cc3c(C(F)(F)F)cccn3c2=O)C1. The molecule has 0 aromatic carbocycles. The van der Waals surface area contributed by atoms with E-state index in [1.165, 1.54) is 23.0 Å². The number of nitrogens with zero attached hydrogens (tertiary/aromatic N) is 3. The minimum absolute atomic E-state index is 0.0583. The Balaban J connectivity index is 1.56. The van der Waals surface area contributed by atoms with Crippen molar-refractivity contribution in [3.8, 4) is 0 Å². The number of imidazole rings is 1. The first-order valence-corrected chi connectivity index (χ1v) is 10.2. The first kappa shape index (κ1) is 20.4. The molecular weight excluding hydrogens is 383 g/mol. The summed E-state index contributed by atoms with van der Waals surface area (Å²) in [6, 6.07) is 2.26. The Morgan fingerprint density at radius 1 is 1.31 bits per heavy atom. The second-order valence-electron chi connectivity index (χ2n) is 8.54. The second kappa shape index (κ2) is 7.77. The summed E-state index contributed by atoms with van der Waals surface area (Å²) in [5.41, 5.74) is 5.20. The van der Waals surface area contributed by atoms with Crippen LogP contribution in [0.2, 0.25) is 0 Å². The molecule has 2 N–H and O–H groups in total. The van der Waals surface area contributed by atoms with E-state index in [-0.39, 0.29) is 23.4 Å². The molecule has 4 rings (SSSR count). The molecule has 9 heteroatoms. The number of nitrogens with one attached hydrogen (secondary N) is 2. The van der Waals surface area contributed by atoms with Gasteiger partial charge in [-0.05, 0) is 50.3 Å². The lowest BCUT2D eigenvalue weighted by Gasteiger charge is -2.35. The third kappa shape index (κ3) is 3.95. The van der Waals surface area contributed by atoms with Gasteiger partial charge in [0, 0.05) is 18.4 Å². The predicted molar refractivity (Wildman–Crippen MR) is 104 cm³/mol. The van der Waals surface area contributed by atoms with E-state index in [9.17, 15) is 18.0 Å². The molecule has 0 radical (unpaired) electrons. The van der Waals surface area contributed by atoms with Crippen LogP contribution in [0, 0.1) is 11.8 Å². The van der Waals surface area contributed by atoms with Gasteiger partial charge in [0.15, 0.2) is 0 Å². The topological polar surface area (TPSA) is 53.7 Å². The molecular formula is C20H28F3N5O. The molecule has 2 aromatic rings. The highest BCUT2D eigenvalue weighted by Crippen LogP contribution is 2.38. The van der Waals surface area contributed by atoms with Crippen molar-refractivity contribution in [2.75, 3.05) is 13.7 Å². The summed E-state index contributed by atoms with van der Waals surface area (Å²) < 4.78 is 42.7. The van der Waals surface area contributed by atoms with Crippen LogP contribution in [0.1, 0.15) is 50.6 Å².